The molecular weight excluding hydrogens is 244 g/mol. The highest BCUT2D eigenvalue weighted by Crippen LogP contribution is 2.19. The molecule has 2 nitrogen and oxygen atoms in total. The molecule has 2 aromatic heterocycles. The first-order chi connectivity index (χ1) is 9.61. The molecule has 0 aliphatic carbocycles. The topological polar surface area (TPSA) is 31.6 Å². The Morgan fingerprint density at radius 3 is 2.55 bits per heavy atom. The van der Waals surface area contributed by atoms with Crippen molar-refractivity contribution in [1.29, 1.82) is 0 Å². The Kier molecular flexibility index (Phi) is 2.87. The summed E-state index contributed by atoms with van der Waals surface area (Å²) in [5, 5.41) is 3.28. The van der Waals surface area contributed by atoms with E-state index < -0.39 is 0 Å². The largest absolute Gasteiger partial charge is 0.358 e. The van der Waals surface area contributed by atoms with Crippen molar-refractivity contribution in [3.8, 4) is 0 Å². The minimum atomic E-state index is 0.943. The molecule has 2 heteroatoms. The van der Waals surface area contributed by atoms with Crippen LogP contribution in [-0.2, 0) is 0 Å². The van der Waals surface area contributed by atoms with Crippen molar-refractivity contribution < 1.29 is 0 Å². The summed E-state index contributed by atoms with van der Waals surface area (Å²) < 4.78 is 0. The minimum absolute atomic E-state index is 0.943. The van der Waals surface area contributed by atoms with Gasteiger partial charge in [0.2, 0.25) is 0 Å². The fourth-order valence-electron chi connectivity index (χ4n) is 2.77. The first-order valence-corrected chi connectivity index (χ1v) is 6.71. The average Bonchev–Trinajstić information content (AvgIpc) is 2.88. The van der Waals surface area contributed by atoms with Gasteiger partial charge in [-0.05, 0) is 37.1 Å². The van der Waals surface area contributed by atoms with Crippen LogP contribution in [0.2, 0.25) is 0 Å². The molecule has 2 N–H and O–H groups in total. The Balaban J connectivity index is 2.33. The highest BCUT2D eigenvalue weighted by Gasteiger charge is 2.07. The molecule has 3 aromatic rings. The van der Waals surface area contributed by atoms with Crippen molar-refractivity contribution in [2.45, 2.75) is 13.8 Å². The molecule has 2 heterocycles. The molecule has 0 aliphatic heterocycles. The Labute approximate surface area is 118 Å². The molecular formula is C18H18N2. The van der Waals surface area contributed by atoms with Gasteiger partial charge in [0.1, 0.15) is 0 Å². The highest BCUT2D eigenvalue weighted by molar-refractivity contribution is 5.82. The zero-order valence-corrected chi connectivity index (χ0v) is 11.9. The summed E-state index contributed by atoms with van der Waals surface area (Å²) in [6.45, 7) is 12.2. The SMILES string of the molecule is C=Cc1c(C)[nH]c(/C=c2\c(=C)[nH]c3ccccc23)c1C. The lowest BCUT2D eigenvalue weighted by atomic mass is 10.1. The molecule has 1 aromatic carbocycles. The second-order valence-electron chi connectivity index (χ2n) is 5.11. The van der Waals surface area contributed by atoms with Gasteiger partial charge in [0.25, 0.3) is 0 Å². The first-order valence-electron chi connectivity index (χ1n) is 6.71. The van der Waals surface area contributed by atoms with Crippen molar-refractivity contribution in [3.63, 3.8) is 0 Å². The van der Waals surface area contributed by atoms with Gasteiger partial charge in [-0.1, -0.05) is 37.4 Å². The number of hydrogen-bond acceptors (Lipinski definition) is 0. The summed E-state index contributed by atoms with van der Waals surface area (Å²) in [5.74, 6) is 0. The fourth-order valence-corrected chi connectivity index (χ4v) is 2.77. The third kappa shape index (κ3) is 1.81. The summed E-state index contributed by atoms with van der Waals surface area (Å²) >= 11 is 0. The zero-order valence-electron chi connectivity index (χ0n) is 11.9. The van der Waals surface area contributed by atoms with Crippen LogP contribution >= 0.6 is 0 Å². The summed E-state index contributed by atoms with van der Waals surface area (Å²) in [5.41, 5.74) is 5.79. The number of aromatic amines is 2. The van der Waals surface area contributed by atoms with Gasteiger partial charge in [-0.15, -0.1) is 0 Å². The van der Waals surface area contributed by atoms with Crippen LogP contribution in [0.4, 0.5) is 0 Å². The molecule has 0 bridgehead atoms. The number of hydrogen-bond donors (Lipinski definition) is 2. The van der Waals surface area contributed by atoms with Crippen LogP contribution in [0.25, 0.3) is 29.6 Å². The number of H-pyrrole nitrogens is 2. The maximum absolute atomic E-state index is 4.11. The average molecular weight is 262 g/mol. The smallest absolute Gasteiger partial charge is 0.0464 e. The molecule has 3 rings (SSSR count). The predicted molar refractivity (Wildman–Crippen MR) is 87.0 cm³/mol. The lowest BCUT2D eigenvalue weighted by molar-refractivity contribution is 1.24. The van der Waals surface area contributed by atoms with Crippen molar-refractivity contribution in [1.82, 2.24) is 9.97 Å². The second-order valence-corrected chi connectivity index (χ2v) is 5.11. The van der Waals surface area contributed by atoms with Gasteiger partial charge in [-0.2, -0.15) is 0 Å². The van der Waals surface area contributed by atoms with Crippen LogP contribution in [0.5, 0.6) is 0 Å². The minimum Gasteiger partial charge on any atom is -0.358 e. The van der Waals surface area contributed by atoms with E-state index in [2.05, 4.69) is 61.2 Å². The molecule has 0 unspecified atom stereocenters. The molecule has 0 radical (unpaired) electrons. The highest BCUT2D eigenvalue weighted by atomic mass is 14.7. The van der Waals surface area contributed by atoms with Gasteiger partial charge >= 0.3 is 0 Å². The fraction of sp³-hybridized carbons (Fsp3) is 0.111. The van der Waals surface area contributed by atoms with Gasteiger partial charge in [0.05, 0.1) is 0 Å². The van der Waals surface area contributed by atoms with Crippen LogP contribution in [-0.4, -0.2) is 9.97 Å². The van der Waals surface area contributed by atoms with Crippen molar-refractivity contribution in [2.75, 3.05) is 0 Å². The summed E-state index contributed by atoms with van der Waals surface area (Å²) in [4.78, 5) is 6.75. The predicted octanol–water partition coefficient (Wildman–Crippen LogP) is 2.99. The quantitative estimate of drug-likeness (QED) is 0.711. The number of aryl methyl sites for hydroxylation is 1. The first kappa shape index (κ1) is 12.5. The maximum atomic E-state index is 4.11. The molecule has 0 fully saturated rings. The van der Waals surface area contributed by atoms with Gasteiger partial charge in [0.15, 0.2) is 0 Å². The monoisotopic (exact) mass is 262 g/mol. The molecule has 0 saturated heterocycles. The molecule has 0 amide bonds. The number of rotatable bonds is 2. The van der Waals surface area contributed by atoms with E-state index in [1.54, 1.807) is 0 Å². The van der Waals surface area contributed by atoms with E-state index in [-0.39, 0.29) is 0 Å². The van der Waals surface area contributed by atoms with Crippen LogP contribution in [0.15, 0.2) is 30.8 Å². The van der Waals surface area contributed by atoms with E-state index in [0.29, 0.717) is 0 Å². The van der Waals surface area contributed by atoms with Crippen molar-refractivity contribution >= 4 is 29.6 Å². The standard InChI is InChI=1S/C18H18N2/c1-5-14-11(2)18(20-12(14)3)10-16-13(4)19-17-9-7-6-8-15(16)17/h5-10,19-20H,1,4H2,2-3H3/b16-10+. The Morgan fingerprint density at radius 1 is 1.10 bits per heavy atom. The van der Waals surface area contributed by atoms with Crippen LogP contribution < -0.4 is 10.6 Å². The molecule has 0 atom stereocenters. The number of nitrogens with one attached hydrogen (secondary N) is 2. The maximum Gasteiger partial charge on any atom is 0.0464 e. The van der Waals surface area contributed by atoms with Crippen molar-refractivity contribution in [3.05, 3.63) is 63.9 Å². The molecule has 0 saturated carbocycles. The van der Waals surface area contributed by atoms with Crippen LogP contribution in [0, 0.1) is 13.8 Å². The van der Waals surface area contributed by atoms with E-state index >= 15 is 0 Å². The molecule has 0 spiro atoms. The number of aromatic nitrogens is 2. The Bertz CT molecular complexity index is 907. The summed E-state index contributed by atoms with van der Waals surface area (Å²) in [6.07, 6.45) is 4.06. The summed E-state index contributed by atoms with van der Waals surface area (Å²) in [7, 11) is 0. The second kappa shape index (κ2) is 4.57. The van der Waals surface area contributed by atoms with E-state index in [4.69, 9.17) is 0 Å². The summed E-state index contributed by atoms with van der Waals surface area (Å²) in [6, 6.07) is 8.27. The lowest BCUT2D eigenvalue weighted by Gasteiger charge is -1.93. The number of benzene rings is 1. The van der Waals surface area contributed by atoms with E-state index in [1.807, 2.05) is 12.1 Å². The van der Waals surface area contributed by atoms with Gasteiger partial charge in [0, 0.05) is 32.9 Å². The Hall–Kier alpha value is -2.48. The van der Waals surface area contributed by atoms with Crippen LogP contribution in [0.1, 0.15) is 22.5 Å². The Morgan fingerprint density at radius 2 is 1.85 bits per heavy atom. The third-order valence-electron chi connectivity index (χ3n) is 3.85. The van der Waals surface area contributed by atoms with E-state index in [0.717, 1.165) is 27.5 Å². The van der Waals surface area contributed by atoms with Crippen LogP contribution in [0.3, 0.4) is 0 Å². The lowest BCUT2D eigenvalue weighted by Crippen LogP contribution is -2.20. The number of para-hydroxylation sites is 1. The van der Waals surface area contributed by atoms with Gasteiger partial charge in [-0.25, -0.2) is 0 Å². The van der Waals surface area contributed by atoms with Gasteiger partial charge in [-0.3, -0.25) is 0 Å². The third-order valence-corrected chi connectivity index (χ3v) is 3.85. The molecule has 20 heavy (non-hydrogen) atoms. The normalized spacial score (nSPS) is 12.2. The van der Waals surface area contributed by atoms with E-state index in [9.17, 15) is 0 Å². The van der Waals surface area contributed by atoms with Crippen molar-refractivity contribution in [2.24, 2.45) is 0 Å². The number of fused-ring (bicyclic) bond motifs is 1. The van der Waals surface area contributed by atoms with Gasteiger partial charge < -0.3 is 9.97 Å². The zero-order chi connectivity index (χ0) is 14.3. The van der Waals surface area contributed by atoms with E-state index in [1.165, 1.54) is 16.5 Å². The molecule has 0 aliphatic rings. The molecule has 100 valence electrons.